The number of ether oxygens (including phenoxy) is 2. The smallest absolute Gasteiger partial charge is 0.225 e. The molecule has 1 aliphatic carbocycles. The second-order valence-corrected chi connectivity index (χ2v) is 7.80. The van der Waals surface area contributed by atoms with E-state index in [0.717, 1.165) is 44.3 Å². The fraction of sp³-hybridized carbons (Fsp3) is 0.619. The topological polar surface area (TPSA) is 67.9 Å². The highest BCUT2D eigenvalue weighted by atomic mass is 35.5. The van der Waals surface area contributed by atoms with Crippen LogP contribution >= 0.6 is 11.6 Å². The lowest BCUT2D eigenvalue weighted by Gasteiger charge is -2.31. The normalized spacial score (nSPS) is 21.1. The molecule has 28 heavy (non-hydrogen) atoms. The molecule has 3 rings (SSSR count). The summed E-state index contributed by atoms with van der Waals surface area (Å²) >= 11 is 6.30. The Balaban J connectivity index is 1.51. The van der Waals surface area contributed by atoms with E-state index in [1.54, 1.807) is 12.1 Å². The number of fused-ring (bicyclic) bond motifs is 1. The Morgan fingerprint density at radius 3 is 2.29 bits per heavy atom. The summed E-state index contributed by atoms with van der Waals surface area (Å²) in [7, 11) is 0. The van der Waals surface area contributed by atoms with Gasteiger partial charge >= 0.3 is 0 Å². The van der Waals surface area contributed by atoms with Gasteiger partial charge in [-0.1, -0.05) is 11.6 Å². The fourth-order valence-corrected chi connectivity index (χ4v) is 4.19. The Morgan fingerprint density at radius 1 is 1.07 bits per heavy atom. The molecule has 1 saturated carbocycles. The van der Waals surface area contributed by atoms with Crippen molar-refractivity contribution in [1.82, 2.24) is 10.2 Å². The summed E-state index contributed by atoms with van der Waals surface area (Å²) < 4.78 is 11.1. The lowest BCUT2D eigenvalue weighted by atomic mass is 9.85. The van der Waals surface area contributed by atoms with Crippen LogP contribution in [0.25, 0.3) is 0 Å². The minimum absolute atomic E-state index is 0.0582. The first kappa shape index (κ1) is 20.8. The Labute approximate surface area is 171 Å². The maximum atomic E-state index is 12.5. The van der Waals surface area contributed by atoms with E-state index in [2.05, 4.69) is 5.32 Å². The van der Waals surface area contributed by atoms with Crippen molar-refractivity contribution in [2.75, 3.05) is 26.3 Å². The number of benzene rings is 1. The molecule has 1 N–H and O–H groups in total. The van der Waals surface area contributed by atoms with E-state index in [0.29, 0.717) is 29.7 Å². The zero-order valence-corrected chi connectivity index (χ0v) is 17.4. The molecule has 2 aliphatic rings. The molecule has 0 saturated heterocycles. The van der Waals surface area contributed by atoms with Crippen molar-refractivity contribution >= 4 is 23.4 Å². The van der Waals surface area contributed by atoms with Crippen molar-refractivity contribution in [3.05, 3.63) is 22.7 Å². The average molecular weight is 409 g/mol. The molecule has 0 radical (unpaired) electrons. The zero-order chi connectivity index (χ0) is 20.1. The Kier molecular flexibility index (Phi) is 7.05. The van der Waals surface area contributed by atoms with Crippen LogP contribution in [-0.2, 0) is 16.0 Å². The van der Waals surface area contributed by atoms with Crippen LogP contribution in [0.1, 0.15) is 45.1 Å². The lowest BCUT2D eigenvalue weighted by Crippen LogP contribution is -2.42. The summed E-state index contributed by atoms with van der Waals surface area (Å²) in [5, 5.41) is 3.60. The van der Waals surface area contributed by atoms with Gasteiger partial charge in [-0.2, -0.15) is 0 Å². The minimum atomic E-state index is -0.0582. The van der Waals surface area contributed by atoms with Crippen molar-refractivity contribution < 1.29 is 19.1 Å². The van der Waals surface area contributed by atoms with Crippen LogP contribution in [0.2, 0.25) is 5.02 Å². The van der Waals surface area contributed by atoms with E-state index in [9.17, 15) is 9.59 Å². The number of carbonyl (C=O) groups is 2. The maximum absolute atomic E-state index is 12.5. The Bertz CT molecular complexity index is 713. The van der Waals surface area contributed by atoms with Gasteiger partial charge in [0.1, 0.15) is 13.2 Å². The van der Waals surface area contributed by atoms with Gasteiger partial charge in [0.15, 0.2) is 11.5 Å². The quantitative estimate of drug-likeness (QED) is 0.784. The van der Waals surface area contributed by atoms with Crippen LogP contribution in [0.3, 0.4) is 0 Å². The molecule has 1 aliphatic heterocycles. The predicted molar refractivity (Wildman–Crippen MR) is 108 cm³/mol. The van der Waals surface area contributed by atoms with Gasteiger partial charge in [-0.25, -0.2) is 0 Å². The summed E-state index contributed by atoms with van der Waals surface area (Å²) in [5.74, 6) is 1.53. The number of amides is 2. The second-order valence-electron chi connectivity index (χ2n) is 7.39. The van der Waals surface area contributed by atoms with E-state index in [1.807, 2.05) is 18.7 Å². The monoisotopic (exact) mass is 408 g/mol. The molecule has 1 aromatic rings. The van der Waals surface area contributed by atoms with Crippen molar-refractivity contribution in [1.29, 1.82) is 0 Å². The molecule has 1 heterocycles. The van der Waals surface area contributed by atoms with Crippen molar-refractivity contribution in [3.63, 3.8) is 0 Å². The Morgan fingerprint density at radius 2 is 1.68 bits per heavy atom. The third-order valence-corrected chi connectivity index (χ3v) is 5.93. The molecule has 0 unspecified atom stereocenters. The number of carbonyl (C=O) groups excluding carboxylic acids is 2. The van der Waals surface area contributed by atoms with Gasteiger partial charge in [-0.15, -0.1) is 0 Å². The van der Waals surface area contributed by atoms with Crippen molar-refractivity contribution in [2.24, 2.45) is 5.92 Å². The predicted octanol–water partition coefficient (Wildman–Crippen LogP) is 3.20. The van der Waals surface area contributed by atoms with Gasteiger partial charge in [-0.05, 0) is 51.2 Å². The summed E-state index contributed by atoms with van der Waals surface area (Å²) in [5.41, 5.74) is 0.730. The van der Waals surface area contributed by atoms with Gasteiger partial charge in [0.2, 0.25) is 11.8 Å². The summed E-state index contributed by atoms with van der Waals surface area (Å²) in [6.07, 6.45) is 3.51. The largest absolute Gasteiger partial charge is 0.486 e. The second kappa shape index (κ2) is 9.50. The maximum Gasteiger partial charge on any atom is 0.225 e. The molecule has 0 bridgehead atoms. The minimum Gasteiger partial charge on any atom is -0.486 e. The molecule has 7 heteroatoms. The van der Waals surface area contributed by atoms with Crippen molar-refractivity contribution in [2.45, 2.75) is 52.0 Å². The fourth-order valence-electron chi connectivity index (χ4n) is 3.97. The number of hydrogen-bond donors (Lipinski definition) is 1. The van der Waals surface area contributed by atoms with Crippen LogP contribution in [-0.4, -0.2) is 49.1 Å². The third-order valence-electron chi connectivity index (χ3n) is 5.58. The van der Waals surface area contributed by atoms with E-state index >= 15 is 0 Å². The van der Waals surface area contributed by atoms with Crippen LogP contribution in [0, 0.1) is 5.92 Å². The Hall–Kier alpha value is -1.95. The molecular formula is C21H29ClN2O4. The lowest BCUT2D eigenvalue weighted by molar-refractivity contribution is -0.136. The van der Waals surface area contributed by atoms with Crippen molar-refractivity contribution in [3.8, 4) is 11.5 Å². The number of hydrogen-bond acceptors (Lipinski definition) is 4. The first-order chi connectivity index (χ1) is 13.5. The van der Waals surface area contributed by atoms with Gasteiger partial charge < -0.3 is 19.7 Å². The van der Waals surface area contributed by atoms with Gasteiger partial charge in [0.05, 0.1) is 6.42 Å². The first-order valence-corrected chi connectivity index (χ1v) is 10.6. The van der Waals surface area contributed by atoms with Gasteiger partial charge in [-0.3, -0.25) is 9.59 Å². The highest BCUT2D eigenvalue weighted by Crippen LogP contribution is 2.35. The average Bonchev–Trinajstić information content (AvgIpc) is 2.70. The van der Waals surface area contributed by atoms with Crippen LogP contribution in [0.15, 0.2) is 12.1 Å². The molecule has 6 nitrogen and oxygen atoms in total. The molecule has 1 aromatic carbocycles. The van der Waals surface area contributed by atoms with E-state index in [4.69, 9.17) is 21.1 Å². The summed E-state index contributed by atoms with van der Waals surface area (Å²) in [4.78, 5) is 26.9. The summed E-state index contributed by atoms with van der Waals surface area (Å²) in [6.45, 7) is 6.52. The summed E-state index contributed by atoms with van der Waals surface area (Å²) in [6, 6.07) is 3.61. The van der Waals surface area contributed by atoms with Crippen LogP contribution in [0.4, 0.5) is 0 Å². The molecule has 0 atom stereocenters. The van der Waals surface area contributed by atoms with E-state index in [1.165, 1.54) is 0 Å². The number of rotatable bonds is 6. The van der Waals surface area contributed by atoms with Crippen LogP contribution < -0.4 is 14.8 Å². The number of nitrogens with zero attached hydrogens (tertiary/aromatic N) is 1. The van der Waals surface area contributed by atoms with E-state index in [-0.39, 0.29) is 30.2 Å². The highest BCUT2D eigenvalue weighted by molar-refractivity contribution is 6.31. The highest BCUT2D eigenvalue weighted by Gasteiger charge is 2.29. The van der Waals surface area contributed by atoms with Crippen LogP contribution in [0.5, 0.6) is 11.5 Å². The number of halogens is 1. The third kappa shape index (κ3) is 4.90. The SMILES string of the molecule is CCN(CC)C(=O)C1CCC(NC(=O)Cc2cc3c(cc2Cl)OCCO3)CC1. The molecule has 1 fully saturated rings. The standard InChI is InChI=1S/C21H29ClN2O4/c1-3-24(4-2)21(26)14-5-7-16(8-6-14)23-20(25)12-15-11-18-19(13-17(15)22)28-10-9-27-18/h11,13-14,16H,3-10,12H2,1-2H3,(H,23,25). The zero-order valence-electron chi connectivity index (χ0n) is 16.6. The van der Waals surface area contributed by atoms with E-state index < -0.39 is 0 Å². The van der Waals surface area contributed by atoms with Gasteiger partial charge in [0.25, 0.3) is 0 Å². The van der Waals surface area contributed by atoms with Gasteiger partial charge in [0, 0.05) is 36.1 Å². The molecule has 0 spiro atoms. The molecule has 0 aromatic heterocycles. The molecule has 2 amide bonds. The number of nitrogens with one attached hydrogen (secondary N) is 1. The first-order valence-electron chi connectivity index (χ1n) is 10.2. The molecule has 154 valence electrons. The molecular weight excluding hydrogens is 380 g/mol.